The summed E-state index contributed by atoms with van der Waals surface area (Å²) in [6.07, 6.45) is 1.73. The van der Waals surface area contributed by atoms with Crippen molar-refractivity contribution in [3.8, 4) is 22.4 Å². The molecule has 4 aromatic rings. The molecule has 0 spiro atoms. The molecule has 142 valence electrons. The lowest BCUT2D eigenvalue weighted by atomic mass is 10.0. The van der Waals surface area contributed by atoms with E-state index in [4.69, 9.17) is 4.52 Å². The van der Waals surface area contributed by atoms with Crippen LogP contribution in [0.25, 0.3) is 22.4 Å². The van der Waals surface area contributed by atoms with E-state index in [1.54, 1.807) is 6.20 Å². The third-order valence-corrected chi connectivity index (χ3v) is 5.03. The molecule has 4 rings (SSSR count). The summed E-state index contributed by atoms with van der Waals surface area (Å²) in [6, 6.07) is 14.9. The van der Waals surface area contributed by atoms with E-state index in [9.17, 15) is 0 Å². The van der Waals surface area contributed by atoms with Crippen LogP contribution in [-0.2, 0) is 0 Å². The SMILES string of the molecule is CCN(c1ccc(-c2cn[nH]n2)cc1)c1cc(-c2c(C)noc2C)ccc1C. The van der Waals surface area contributed by atoms with Gasteiger partial charge in [0.15, 0.2) is 0 Å². The van der Waals surface area contributed by atoms with Gasteiger partial charge in [-0.25, -0.2) is 0 Å². The summed E-state index contributed by atoms with van der Waals surface area (Å²) >= 11 is 0. The summed E-state index contributed by atoms with van der Waals surface area (Å²) in [5.41, 5.74) is 8.50. The lowest BCUT2D eigenvalue weighted by Crippen LogP contribution is -2.17. The zero-order chi connectivity index (χ0) is 19.7. The van der Waals surface area contributed by atoms with Crippen LogP contribution in [0.1, 0.15) is 23.9 Å². The predicted molar refractivity (Wildman–Crippen MR) is 111 cm³/mol. The Labute approximate surface area is 164 Å². The summed E-state index contributed by atoms with van der Waals surface area (Å²) < 4.78 is 5.36. The Morgan fingerprint density at radius 3 is 2.36 bits per heavy atom. The van der Waals surface area contributed by atoms with E-state index >= 15 is 0 Å². The monoisotopic (exact) mass is 373 g/mol. The topological polar surface area (TPSA) is 70.8 Å². The number of hydrogen-bond acceptors (Lipinski definition) is 5. The molecule has 0 aliphatic rings. The van der Waals surface area contributed by atoms with Crippen molar-refractivity contribution in [2.24, 2.45) is 0 Å². The van der Waals surface area contributed by atoms with Crippen molar-refractivity contribution < 1.29 is 4.52 Å². The Balaban J connectivity index is 1.73. The first-order valence-electron chi connectivity index (χ1n) is 9.36. The first kappa shape index (κ1) is 18.0. The number of nitrogens with zero attached hydrogens (tertiary/aromatic N) is 4. The van der Waals surface area contributed by atoms with Gasteiger partial charge in [0.1, 0.15) is 11.5 Å². The van der Waals surface area contributed by atoms with Crippen molar-refractivity contribution >= 4 is 11.4 Å². The second kappa shape index (κ2) is 7.31. The first-order valence-corrected chi connectivity index (χ1v) is 9.36. The van der Waals surface area contributed by atoms with E-state index in [1.807, 2.05) is 13.8 Å². The van der Waals surface area contributed by atoms with E-state index in [2.05, 4.69) is 81.8 Å². The van der Waals surface area contributed by atoms with E-state index in [1.165, 1.54) is 11.3 Å². The van der Waals surface area contributed by atoms with Gasteiger partial charge in [-0.1, -0.05) is 29.4 Å². The Morgan fingerprint density at radius 1 is 1.00 bits per heavy atom. The molecule has 0 aliphatic heterocycles. The normalized spacial score (nSPS) is 11.0. The minimum atomic E-state index is 0.839. The van der Waals surface area contributed by atoms with Gasteiger partial charge in [-0.3, -0.25) is 0 Å². The fourth-order valence-electron chi connectivity index (χ4n) is 3.60. The highest BCUT2D eigenvalue weighted by atomic mass is 16.5. The van der Waals surface area contributed by atoms with E-state index < -0.39 is 0 Å². The molecule has 0 saturated heterocycles. The zero-order valence-corrected chi connectivity index (χ0v) is 16.5. The number of anilines is 2. The Bertz CT molecular complexity index is 1060. The van der Waals surface area contributed by atoms with Gasteiger partial charge in [-0.05, 0) is 57.0 Å². The summed E-state index contributed by atoms with van der Waals surface area (Å²) in [4.78, 5) is 2.31. The van der Waals surface area contributed by atoms with Gasteiger partial charge in [-0.2, -0.15) is 15.4 Å². The van der Waals surface area contributed by atoms with Gasteiger partial charge in [0.25, 0.3) is 0 Å². The lowest BCUT2D eigenvalue weighted by molar-refractivity contribution is 0.393. The number of rotatable bonds is 5. The van der Waals surface area contributed by atoms with Crippen molar-refractivity contribution in [1.82, 2.24) is 20.6 Å². The molecule has 1 N–H and O–H groups in total. The smallest absolute Gasteiger partial charge is 0.141 e. The molecule has 2 aromatic carbocycles. The van der Waals surface area contributed by atoms with Gasteiger partial charge >= 0.3 is 0 Å². The maximum atomic E-state index is 5.36. The quantitative estimate of drug-likeness (QED) is 0.520. The van der Waals surface area contributed by atoms with Crippen molar-refractivity contribution in [3.05, 3.63) is 65.7 Å². The van der Waals surface area contributed by atoms with E-state index in [0.717, 1.165) is 46.1 Å². The summed E-state index contributed by atoms with van der Waals surface area (Å²) in [5, 5.41) is 14.8. The molecule has 0 unspecified atom stereocenters. The van der Waals surface area contributed by atoms with Crippen molar-refractivity contribution in [2.75, 3.05) is 11.4 Å². The molecular weight excluding hydrogens is 350 g/mol. The maximum absolute atomic E-state index is 5.36. The Morgan fingerprint density at radius 2 is 1.75 bits per heavy atom. The van der Waals surface area contributed by atoms with Crippen LogP contribution in [0.2, 0.25) is 0 Å². The number of aryl methyl sites for hydroxylation is 3. The number of nitrogens with one attached hydrogen (secondary N) is 1. The third-order valence-electron chi connectivity index (χ3n) is 5.03. The summed E-state index contributed by atoms with van der Waals surface area (Å²) in [5.74, 6) is 0.840. The first-order chi connectivity index (χ1) is 13.6. The molecule has 6 heteroatoms. The molecule has 0 atom stereocenters. The second-order valence-electron chi connectivity index (χ2n) is 6.85. The highest BCUT2D eigenvalue weighted by molar-refractivity contribution is 5.77. The van der Waals surface area contributed by atoms with E-state index in [0.29, 0.717) is 0 Å². The second-order valence-corrected chi connectivity index (χ2v) is 6.85. The minimum absolute atomic E-state index is 0.839. The standard InChI is InChI=1S/C22H23N5O/c1-5-27(19-10-8-17(9-11-19)20-13-23-26-24-20)21-12-18(7-6-14(21)2)22-15(3)25-28-16(22)4/h6-13H,5H2,1-4H3,(H,23,24,26). The molecule has 0 amide bonds. The molecule has 0 fully saturated rings. The number of aromatic nitrogens is 4. The minimum Gasteiger partial charge on any atom is -0.361 e. The predicted octanol–water partition coefficient (Wildman–Crippen LogP) is 5.21. The zero-order valence-electron chi connectivity index (χ0n) is 16.5. The van der Waals surface area contributed by atoms with Crippen molar-refractivity contribution in [3.63, 3.8) is 0 Å². The number of H-pyrrole nitrogens is 1. The molecule has 0 bridgehead atoms. The molecule has 2 heterocycles. The average molecular weight is 373 g/mol. The van der Waals surface area contributed by atoms with Crippen LogP contribution in [0, 0.1) is 20.8 Å². The molecule has 28 heavy (non-hydrogen) atoms. The molecule has 6 nitrogen and oxygen atoms in total. The fourth-order valence-corrected chi connectivity index (χ4v) is 3.60. The number of aromatic amines is 1. The van der Waals surface area contributed by atoms with Gasteiger partial charge in [0.05, 0.1) is 11.9 Å². The lowest BCUT2D eigenvalue weighted by Gasteiger charge is -2.26. The van der Waals surface area contributed by atoms with E-state index in [-0.39, 0.29) is 0 Å². The van der Waals surface area contributed by atoms with Crippen LogP contribution in [0.5, 0.6) is 0 Å². The van der Waals surface area contributed by atoms with Gasteiger partial charge in [0, 0.05) is 29.0 Å². The van der Waals surface area contributed by atoms with Crippen molar-refractivity contribution in [1.29, 1.82) is 0 Å². The largest absolute Gasteiger partial charge is 0.361 e. The van der Waals surface area contributed by atoms with Crippen molar-refractivity contribution in [2.45, 2.75) is 27.7 Å². The Hall–Kier alpha value is -3.41. The van der Waals surface area contributed by atoms with Crippen LogP contribution < -0.4 is 4.90 Å². The third kappa shape index (κ3) is 3.17. The maximum Gasteiger partial charge on any atom is 0.141 e. The molecule has 2 aromatic heterocycles. The van der Waals surface area contributed by atoms with Crippen LogP contribution in [-0.4, -0.2) is 27.1 Å². The molecule has 0 saturated carbocycles. The number of benzene rings is 2. The van der Waals surface area contributed by atoms with Crippen LogP contribution in [0.3, 0.4) is 0 Å². The highest BCUT2D eigenvalue weighted by Crippen LogP contribution is 2.35. The van der Waals surface area contributed by atoms with Crippen LogP contribution in [0.15, 0.2) is 53.2 Å². The number of hydrogen-bond donors (Lipinski definition) is 1. The highest BCUT2D eigenvalue weighted by Gasteiger charge is 2.16. The van der Waals surface area contributed by atoms with Crippen LogP contribution >= 0.6 is 0 Å². The average Bonchev–Trinajstić information content (AvgIpc) is 3.35. The fraction of sp³-hybridized carbons (Fsp3) is 0.227. The molecule has 0 aliphatic carbocycles. The molecule has 0 radical (unpaired) electrons. The van der Waals surface area contributed by atoms with Gasteiger partial charge in [-0.15, -0.1) is 0 Å². The summed E-state index contributed by atoms with van der Waals surface area (Å²) in [7, 11) is 0. The Kier molecular flexibility index (Phi) is 4.69. The molecular formula is C22H23N5O. The summed E-state index contributed by atoms with van der Waals surface area (Å²) in [6.45, 7) is 9.09. The van der Waals surface area contributed by atoms with Gasteiger partial charge in [0.2, 0.25) is 0 Å². The van der Waals surface area contributed by atoms with Crippen LogP contribution in [0.4, 0.5) is 11.4 Å². The van der Waals surface area contributed by atoms with Gasteiger partial charge < -0.3 is 9.42 Å².